The predicted molar refractivity (Wildman–Crippen MR) is 99.1 cm³/mol. The van der Waals surface area contributed by atoms with Crippen LogP contribution < -0.4 is 5.32 Å². The molecule has 7 nitrogen and oxygen atoms in total. The minimum atomic E-state index is -0.396. The quantitative estimate of drug-likeness (QED) is 0.649. The van der Waals surface area contributed by atoms with Gasteiger partial charge in [-0.25, -0.2) is 9.67 Å². The molecule has 0 aliphatic rings. The van der Waals surface area contributed by atoms with Crippen molar-refractivity contribution in [3.63, 3.8) is 0 Å². The summed E-state index contributed by atoms with van der Waals surface area (Å²) >= 11 is 15.6. The van der Waals surface area contributed by atoms with E-state index in [1.807, 2.05) is 6.92 Å². The molecule has 1 amide bonds. The molecule has 0 fully saturated rings. The summed E-state index contributed by atoms with van der Waals surface area (Å²) in [5.74, 6) is -0.223. The van der Waals surface area contributed by atoms with E-state index in [1.165, 1.54) is 6.33 Å². The molecule has 130 valence electrons. The van der Waals surface area contributed by atoms with Crippen molar-refractivity contribution in [1.82, 2.24) is 24.5 Å². The first-order chi connectivity index (χ1) is 12.0. The molecule has 0 saturated carbocycles. The zero-order chi connectivity index (χ0) is 18.0. The Hall–Kier alpha value is -1.90. The molecule has 0 radical (unpaired) electrons. The number of anilines is 1. The smallest absolute Gasteiger partial charge is 0.279 e. The van der Waals surface area contributed by atoms with Crippen LogP contribution in [0, 0.1) is 0 Å². The van der Waals surface area contributed by atoms with Crippen molar-refractivity contribution in [2.75, 3.05) is 5.32 Å². The monoisotopic (exact) mass is 442 g/mol. The Morgan fingerprint density at radius 3 is 2.60 bits per heavy atom. The molecular formula is C15H13BrCl2N6O. The van der Waals surface area contributed by atoms with Gasteiger partial charge >= 0.3 is 0 Å². The largest absolute Gasteiger partial charge is 0.288 e. The van der Waals surface area contributed by atoms with Crippen molar-refractivity contribution in [3.8, 4) is 0 Å². The molecule has 0 aliphatic carbocycles. The SMILES string of the molecule is CCn1cc(Br)c(C(=O)Nc2ncn(Cc3c(Cl)cccc3Cl)n2)n1. The van der Waals surface area contributed by atoms with Crippen molar-refractivity contribution in [1.29, 1.82) is 0 Å². The third-order valence-corrected chi connectivity index (χ3v) is 4.69. The van der Waals surface area contributed by atoms with Crippen molar-refractivity contribution in [3.05, 3.63) is 56.5 Å². The summed E-state index contributed by atoms with van der Waals surface area (Å²) in [5, 5.41) is 12.1. The van der Waals surface area contributed by atoms with Gasteiger partial charge in [0, 0.05) is 28.4 Å². The summed E-state index contributed by atoms with van der Waals surface area (Å²) in [5.41, 5.74) is 1.00. The molecule has 10 heteroatoms. The molecule has 3 aromatic rings. The molecule has 3 rings (SSSR count). The second kappa shape index (κ2) is 7.55. The highest BCUT2D eigenvalue weighted by molar-refractivity contribution is 9.10. The number of aromatic nitrogens is 5. The van der Waals surface area contributed by atoms with Crippen LogP contribution >= 0.6 is 39.1 Å². The Balaban J connectivity index is 1.73. The van der Waals surface area contributed by atoms with Gasteiger partial charge in [-0.3, -0.25) is 14.8 Å². The Kier molecular flexibility index (Phi) is 5.41. The highest BCUT2D eigenvalue weighted by atomic mass is 79.9. The highest BCUT2D eigenvalue weighted by Gasteiger charge is 2.17. The van der Waals surface area contributed by atoms with E-state index in [9.17, 15) is 4.79 Å². The fraction of sp³-hybridized carbons (Fsp3) is 0.200. The minimum absolute atomic E-state index is 0.172. The lowest BCUT2D eigenvalue weighted by molar-refractivity contribution is 0.102. The summed E-state index contributed by atoms with van der Waals surface area (Å²) in [6, 6.07) is 5.28. The molecule has 0 spiro atoms. The van der Waals surface area contributed by atoms with Crippen molar-refractivity contribution >= 4 is 51.0 Å². The second-order valence-corrected chi connectivity index (χ2v) is 6.77. The predicted octanol–water partition coefficient (Wildman–Crippen LogP) is 3.86. The highest BCUT2D eigenvalue weighted by Crippen LogP contribution is 2.25. The van der Waals surface area contributed by atoms with Crippen LogP contribution in [-0.4, -0.2) is 30.5 Å². The van der Waals surface area contributed by atoms with Gasteiger partial charge in [0.1, 0.15) is 6.33 Å². The first kappa shape index (κ1) is 17.9. The number of amides is 1. The lowest BCUT2D eigenvalue weighted by Gasteiger charge is -2.06. The van der Waals surface area contributed by atoms with Gasteiger partial charge in [0.05, 0.1) is 11.0 Å². The third kappa shape index (κ3) is 4.02. The Bertz CT molecular complexity index is 902. The minimum Gasteiger partial charge on any atom is -0.288 e. The molecular weight excluding hydrogens is 431 g/mol. The average molecular weight is 444 g/mol. The van der Waals surface area contributed by atoms with E-state index in [4.69, 9.17) is 23.2 Å². The maximum Gasteiger partial charge on any atom is 0.279 e. The van der Waals surface area contributed by atoms with Crippen LogP contribution in [0.15, 0.2) is 35.2 Å². The molecule has 0 bridgehead atoms. The van der Waals surface area contributed by atoms with E-state index in [2.05, 4.69) is 36.4 Å². The number of hydrogen-bond donors (Lipinski definition) is 1. The van der Waals surface area contributed by atoms with Crippen LogP contribution in [0.2, 0.25) is 10.0 Å². The van der Waals surface area contributed by atoms with E-state index in [-0.39, 0.29) is 11.6 Å². The van der Waals surface area contributed by atoms with Gasteiger partial charge < -0.3 is 0 Å². The molecule has 25 heavy (non-hydrogen) atoms. The number of carbonyl (C=O) groups is 1. The van der Waals surface area contributed by atoms with Crippen LogP contribution in [-0.2, 0) is 13.1 Å². The number of hydrogen-bond acceptors (Lipinski definition) is 4. The average Bonchev–Trinajstić information content (AvgIpc) is 3.17. The van der Waals surface area contributed by atoms with Gasteiger partial charge in [-0.1, -0.05) is 29.3 Å². The number of nitrogens with one attached hydrogen (secondary N) is 1. The normalized spacial score (nSPS) is 10.9. The van der Waals surface area contributed by atoms with Gasteiger partial charge in [-0.05, 0) is 35.0 Å². The molecule has 1 N–H and O–H groups in total. The first-order valence-electron chi connectivity index (χ1n) is 7.34. The van der Waals surface area contributed by atoms with Crippen LogP contribution in [0.1, 0.15) is 23.0 Å². The first-order valence-corrected chi connectivity index (χ1v) is 8.89. The molecule has 0 aliphatic heterocycles. The number of halogens is 3. The van der Waals surface area contributed by atoms with Crippen molar-refractivity contribution < 1.29 is 4.79 Å². The molecule has 1 aromatic carbocycles. The fourth-order valence-electron chi connectivity index (χ4n) is 2.15. The maximum absolute atomic E-state index is 12.3. The third-order valence-electron chi connectivity index (χ3n) is 3.40. The van der Waals surface area contributed by atoms with Gasteiger partial charge in [-0.15, -0.1) is 5.10 Å². The lowest BCUT2D eigenvalue weighted by Crippen LogP contribution is -2.15. The van der Waals surface area contributed by atoms with E-state index >= 15 is 0 Å². The fourth-order valence-corrected chi connectivity index (χ4v) is 3.16. The van der Waals surface area contributed by atoms with Crippen molar-refractivity contribution in [2.24, 2.45) is 0 Å². The van der Waals surface area contributed by atoms with Crippen molar-refractivity contribution in [2.45, 2.75) is 20.0 Å². The second-order valence-electron chi connectivity index (χ2n) is 5.10. The van der Waals surface area contributed by atoms with Crippen LogP contribution in [0.5, 0.6) is 0 Å². The van der Waals surface area contributed by atoms with Gasteiger partial charge in [0.25, 0.3) is 5.91 Å². The number of benzene rings is 1. The van der Waals surface area contributed by atoms with E-state index < -0.39 is 5.91 Å². The zero-order valence-corrected chi connectivity index (χ0v) is 16.2. The van der Waals surface area contributed by atoms with Gasteiger partial charge in [-0.2, -0.15) is 5.10 Å². The van der Waals surface area contributed by atoms with E-state index in [0.29, 0.717) is 27.6 Å². The van der Waals surface area contributed by atoms with Gasteiger partial charge in [0.15, 0.2) is 5.69 Å². The summed E-state index contributed by atoms with van der Waals surface area (Å²) < 4.78 is 3.81. The Labute approximate surface area is 162 Å². The van der Waals surface area contributed by atoms with Crippen LogP contribution in [0.25, 0.3) is 0 Å². The summed E-state index contributed by atoms with van der Waals surface area (Å²) in [6.07, 6.45) is 3.23. The maximum atomic E-state index is 12.3. The summed E-state index contributed by atoms with van der Waals surface area (Å²) in [4.78, 5) is 16.4. The zero-order valence-electron chi connectivity index (χ0n) is 13.1. The number of rotatable bonds is 5. The Morgan fingerprint density at radius 1 is 1.24 bits per heavy atom. The standard InChI is InChI=1S/C15H13BrCl2N6O/c1-2-23-7-10(16)13(21-23)14(25)20-15-19-8-24(22-15)6-9-11(17)4-3-5-12(9)18/h3-5,7-8H,2,6H2,1H3,(H,20,22,25). The van der Waals surface area contributed by atoms with E-state index in [1.54, 1.807) is 33.8 Å². The summed E-state index contributed by atoms with van der Waals surface area (Å²) in [6.45, 7) is 2.94. The molecule has 0 atom stereocenters. The number of aryl methyl sites for hydroxylation is 1. The summed E-state index contributed by atoms with van der Waals surface area (Å²) in [7, 11) is 0. The Morgan fingerprint density at radius 2 is 1.96 bits per heavy atom. The van der Waals surface area contributed by atoms with Crippen LogP contribution in [0.4, 0.5) is 5.95 Å². The number of carbonyl (C=O) groups excluding carboxylic acids is 1. The molecule has 0 unspecified atom stereocenters. The van der Waals surface area contributed by atoms with E-state index in [0.717, 1.165) is 5.56 Å². The molecule has 0 saturated heterocycles. The van der Waals surface area contributed by atoms with Gasteiger partial charge in [0.2, 0.25) is 5.95 Å². The number of nitrogens with zero attached hydrogens (tertiary/aromatic N) is 5. The topological polar surface area (TPSA) is 77.6 Å². The lowest BCUT2D eigenvalue weighted by atomic mass is 10.2. The molecule has 2 heterocycles. The van der Waals surface area contributed by atoms with Crippen LogP contribution in [0.3, 0.4) is 0 Å². The molecule has 2 aromatic heterocycles.